The number of nitrogens with one attached hydrogen (secondary N) is 2. The summed E-state index contributed by atoms with van der Waals surface area (Å²) in [4.78, 5) is 22.7. The van der Waals surface area contributed by atoms with Gasteiger partial charge in [0.2, 0.25) is 5.91 Å². The zero-order chi connectivity index (χ0) is 15.9. The van der Waals surface area contributed by atoms with Crippen LogP contribution in [-0.2, 0) is 16.1 Å². The molecular weight excluding hydrogens is 322 g/mol. The van der Waals surface area contributed by atoms with Crippen LogP contribution in [0.3, 0.4) is 0 Å². The SMILES string of the molecule is COc1cc(CNC(=O)C2CCCN2)ccc1OCC(N)=O.Cl. The van der Waals surface area contributed by atoms with Crippen LogP contribution in [0.2, 0.25) is 0 Å². The number of amides is 2. The van der Waals surface area contributed by atoms with E-state index in [-0.39, 0.29) is 31.0 Å². The van der Waals surface area contributed by atoms with Crippen molar-refractivity contribution in [3.63, 3.8) is 0 Å². The lowest BCUT2D eigenvalue weighted by molar-refractivity contribution is -0.123. The van der Waals surface area contributed by atoms with Gasteiger partial charge < -0.3 is 25.8 Å². The van der Waals surface area contributed by atoms with Crippen LogP contribution in [0.1, 0.15) is 18.4 Å². The highest BCUT2D eigenvalue weighted by molar-refractivity contribution is 5.85. The Bertz CT molecular complexity index is 548. The van der Waals surface area contributed by atoms with E-state index in [4.69, 9.17) is 15.2 Å². The van der Waals surface area contributed by atoms with E-state index in [9.17, 15) is 9.59 Å². The van der Waals surface area contributed by atoms with Crippen molar-refractivity contribution in [2.45, 2.75) is 25.4 Å². The number of carbonyl (C=O) groups excluding carboxylic acids is 2. The van der Waals surface area contributed by atoms with Gasteiger partial charge in [-0.1, -0.05) is 6.07 Å². The van der Waals surface area contributed by atoms with E-state index in [2.05, 4.69) is 10.6 Å². The van der Waals surface area contributed by atoms with E-state index >= 15 is 0 Å². The molecule has 4 N–H and O–H groups in total. The molecule has 1 aromatic rings. The van der Waals surface area contributed by atoms with Crippen molar-refractivity contribution < 1.29 is 19.1 Å². The molecule has 1 aromatic carbocycles. The average molecular weight is 344 g/mol. The highest BCUT2D eigenvalue weighted by atomic mass is 35.5. The van der Waals surface area contributed by atoms with E-state index in [0.717, 1.165) is 24.9 Å². The third-order valence-electron chi connectivity index (χ3n) is 3.44. The number of rotatable bonds is 7. The van der Waals surface area contributed by atoms with Gasteiger partial charge in [-0.2, -0.15) is 0 Å². The first-order valence-corrected chi connectivity index (χ1v) is 7.19. The standard InChI is InChI=1S/C15H21N3O4.ClH/c1-21-13-7-10(4-5-12(13)22-9-14(16)19)8-18-15(20)11-3-2-6-17-11;/h4-5,7,11,17H,2-3,6,8-9H2,1H3,(H2,16,19)(H,18,20);1H. The van der Waals surface area contributed by atoms with Crippen LogP contribution in [0, 0.1) is 0 Å². The molecule has 0 spiro atoms. The molecule has 1 atom stereocenters. The molecule has 0 aliphatic carbocycles. The lowest BCUT2D eigenvalue weighted by atomic mass is 10.1. The first kappa shape index (κ1) is 19.1. The van der Waals surface area contributed by atoms with Gasteiger partial charge in [0.1, 0.15) is 0 Å². The maximum absolute atomic E-state index is 11.9. The molecule has 128 valence electrons. The Morgan fingerprint density at radius 1 is 1.39 bits per heavy atom. The van der Waals surface area contributed by atoms with Crippen molar-refractivity contribution in [1.29, 1.82) is 0 Å². The van der Waals surface area contributed by atoms with Crippen LogP contribution in [0.15, 0.2) is 18.2 Å². The Balaban J connectivity index is 0.00000264. The molecule has 0 radical (unpaired) electrons. The van der Waals surface area contributed by atoms with Crippen LogP contribution in [0.5, 0.6) is 11.5 Å². The zero-order valence-electron chi connectivity index (χ0n) is 13.0. The van der Waals surface area contributed by atoms with Gasteiger partial charge in [0.25, 0.3) is 5.91 Å². The van der Waals surface area contributed by atoms with Crippen molar-refractivity contribution in [2.24, 2.45) is 5.73 Å². The Hall–Kier alpha value is -1.99. The molecule has 2 amide bonds. The van der Waals surface area contributed by atoms with Crippen molar-refractivity contribution in [1.82, 2.24) is 10.6 Å². The van der Waals surface area contributed by atoms with Crippen molar-refractivity contribution in [3.05, 3.63) is 23.8 Å². The molecule has 1 aliphatic heterocycles. The van der Waals surface area contributed by atoms with Gasteiger partial charge in [0.15, 0.2) is 18.1 Å². The van der Waals surface area contributed by atoms with E-state index in [1.54, 1.807) is 18.2 Å². The molecular formula is C15H22ClN3O4. The van der Waals surface area contributed by atoms with E-state index in [0.29, 0.717) is 18.0 Å². The second-order valence-corrected chi connectivity index (χ2v) is 5.11. The smallest absolute Gasteiger partial charge is 0.255 e. The predicted molar refractivity (Wildman–Crippen MR) is 87.8 cm³/mol. The van der Waals surface area contributed by atoms with E-state index in [1.165, 1.54) is 7.11 Å². The minimum atomic E-state index is -0.553. The lowest BCUT2D eigenvalue weighted by Gasteiger charge is -2.13. The van der Waals surface area contributed by atoms with Crippen molar-refractivity contribution in [3.8, 4) is 11.5 Å². The summed E-state index contributed by atoms with van der Waals surface area (Å²) in [5.41, 5.74) is 5.93. The molecule has 7 nitrogen and oxygen atoms in total. The molecule has 0 aromatic heterocycles. The van der Waals surface area contributed by atoms with Gasteiger partial charge in [-0.05, 0) is 37.1 Å². The maximum Gasteiger partial charge on any atom is 0.255 e. The van der Waals surface area contributed by atoms with Crippen LogP contribution in [-0.4, -0.2) is 38.1 Å². The first-order chi connectivity index (χ1) is 10.6. The summed E-state index contributed by atoms with van der Waals surface area (Å²) in [7, 11) is 1.51. The number of hydrogen-bond acceptors (Lipinski definition) is 5. The fourth-order valence-corrected chi connectivity index (χ4v) is 2.31. The Labute approximate surface area is 141 Å². The fraction of sp³-hybridized carbons (Fsp3) is 0.467. The van der Waals surface area contributed by atoms with Gasteiger partial charge in [-0.3, -0.25) is 9.59 Å². The van der Waals surface area contributed by atoms with Crippen LogP contribution in [0.25, 0.3) is 0 Å². The fourth-order valence-electron chi connectivity index (χ4n) is 2.31. The summed E-state index contributed by atoms with van der Waals surface area (Å²) in [5.74, 6) is 0.383. The van der Waals surface area contributed by atoms with Gasteiger partial charge in [-0.15, -0.1) is 12.4 Å². The van der Waals surface area contributed by atoms with Gasteiger partial charge in [0, 0.05) is 6.54 Å². The van der Waals surface area contributed by atoms with E-state index < -0.39 is 5.91 Å². The summed E-state index contributed by atoms with van der Waals surface area (Å²) in [6, 6.07) is 5.16. The van der Waals surface area contributed by atoms with Crippen LogP contribution in [0.4, 0.5) is 0 Å². The number of benzene rings is 1. The molecule has 1 fully saturated rings. The largest absolute Gasteiger partial charge is 0.493 e. The molecule has 1 unspecified atom stereocenters. The predicted octanol–water partition coefficient (Wildman–Crippen LogP) is 0.349. The van der Waals surface area contributed by atoms with Gasteiger partial charge in [0.05, 0.1) is 13.2 Å². The third kappa shape index (κ3) is 5.61. The number of primary amides is 1. The first-order valence-electron chi connectivity index (χ1n) is 7.19. The normalized spacial score (nSPS) is 16.3. The molecule has 8 heteroatoms. The van der Waals surface area contributed by atoms with Gasteiger partial charge >= 0.3 is 0 Å². The Morgan fingerprint density at radius 3 is 2.78 bits per heavy atom. The lowest BCUT2D eigenvalue weighted by Crippen LogP contribution is -2.39. The number of carbonyl (C=O) groups is 2. The summed E-state index contributed by atoms with van der Waals surface area (Å²) in [5, 5.41) is 6.04. The number of ether oxygens (including phenoxy) is 2. The molecule has 1 aliphatic rings. The average Bonchev–Trinajstić information content (AvgIpc) is 3.05. The second-order valence-electron chi connectivity index (χ2n) is 5.11. The third-order valence-corrected chi connectivity index (χ3v) is 3.44. The number of halogens is 1. The molecule has 2 rings (SSSR count). The number of hydrogen-bond donors (Lipinski definition) is 3. The summed E-state index contributed by atoms with van der Waals surface area (Å²) < 4.78 is 10.5. The van der Waals surface area contributed by atoms with Crippen LogP contribution >= 0.6 is 12.4 Å². The minimum Gasteiger partial charge on any atom is -0.493 e. The molecule has 1 heterocycles. The monoisotopic (exact) mass is 343 g/mol. The number of methoxy groups -OCH3 is 1. The molecule has 1 saturated heterocycles. The topological polar surface area (TPSA) is 103 Å². The highest BCUT2D eigenvalue weighted by Gasteiger charge is 2.21. The Morgan fingerprint density at radius 2 is 2.17 bits per heavy atom. The minimum absolute atomic E-state index is 0. The number of nitrogens with two attached hydrogens (primary N) is 1. The van der Waals surface area contributed by atoms with E-state index in [1.807, 2.05) is 0 Å². The molecule has 0 bridgehead atoms. The maximum atomic E-state index is 11.9. The molecule has 0 saturated carbocycles. The highest BCUT2D eigenvalue weighted by Crippen LogP contribution is 2.28. The Kier molecular flexibility index (Phi) is 7.64. The van der Waals surface area contributed by atoms with Crippen molar-refractivity contribution >= 4 is 24.2 Å². The quantitative estimate of drug-likeness (QED) is 0.663. The van der Waals surface area contributed by atoms with Crippen LogP contribution < -0.4 is 25.8 Å². The van der Waals surface area contributed by atoms with Gasteiger partial charge in [-0.25, -0.2) is 0 Å². The second kappa shape index (κ2) is 9.22. The summed E-state index contributed by atoms with van der Waals surface area (Å²) in [6.07, 6.45) is 1.90. The van der Waals surface area contributed by atoms with Crippen molar-refractivity contribution in [2.75, 3.05) is 20.3 Å². The molecule has 23 heavy (non-hydrogen) atoms. The zero-order valence-corrected chi connectivity index (χ0v) is 13.8. The summed E-state index contributed by atoms with van der Waals surface area (Å²) in [6.45, 7) is 1.08. The summed E-state index contributed by atoms with van der Waals surface area (Å²) >= 11 is 0.